The zero-order chi connectivity index (χ0) is 14.5. The van der Waals surface area contributed by atoms with E-state index >= 15 is 0 Å². The van der Waals surface area contributed by atoms with E-state index in [1.165, 1.54) is 17.8 Å². The molecule has 0 bridgehead atoms. The second kappa shape index (κ2) is 7.23. The lowest BCUT2D eigenvalue weighted by molar-refractivity contribution is 0.0605. The van der Waals surface area contributed by atoms with E-state index in [-0.39, 0.29) is 0 Å². The first-order valence-electron chi connectivity index (χ1n) is 8.02. The minimum atomic E-state index is 0.335. The Kier molecular flexibility index (Phi) is 5.61. The highest BCUT2D eigenvalue weighted by atomic mass is 16.5. The molecule has 4 nitrogen and oxygen atoms in total. The van der Waals surface area contributed by atoms with Crippen LogP contribution >= 0.6 is 0 Å². The van der Waals surface area contributed by atoms with Gasteiger partial charge in [0.15, 0.2) is 0 Å². The third-order valence-corrected chi connectivity index (χ3v) is 4.32. The van der Waals surface area contributed by atoms with Gasteiger partial charge in [-0.05, 0) is 37.8 Å². The van der Waals surface area contributed by atoms with E-state index < -0.39 is 0 Å². The normalized spacial score (nSPS) is 24.2. The van der Waals surface area contributed by atoms with Gasteiger partial charge < -0.3 is 10.1 Å². The Balaban J connectivity index is 2.07. The van der Waals surface area contributed by atoms with Gasteiger partial charge in [-0.3, -0.25) is 4.68 Å². The van der Waals surface area contributed by atoms with Crippen molar-refractivity contribution in [1.82, 2.24) is 15.1 Å². The first-order valence-corrected chi connectivity index (χ1v) is 8.02. The number of rotatable bonds is 7. The Bertz CT molecular complexity index is 416. The van der Waals surface area contributed by atoms with Crippen LogP contribution in [0, 0.1) is 5.92 Å². The maximum Gasteiger partial charge on any atom is 0.0758 e. The second-order valence-electron chi connectivity index (χ2n) is 5.97. The second-order valence-corrected chi connectivity index (χ2v) is 5.97. The Labute approximate surface area is 122 Å². The van der Waals surface area contributed by atoms with E-state index in [9.17, 15) is 0 Å². The smallest absolute Gasteiger partial charge is 0.0758 e. The minimum absolute atomic E-state index is 0.335. The van der Waals surface area contributed by atoms with Crippen molar-refractivity contribution in [2.75, 3.05) is 13.2 Å². The summed E-state index contributed by atoms with van der Waals surface area (Å²) in [6, 6.07) is 2.63. The molecule has 0 aliphatic carbocycles. The number of hydrogen-bond donors (Lipinski definition) is 1. The van der Waals surface area contributed by atoms with Gasteiger partial charge in [-0.15, -0.1) is 0 Å². The molecular formula is C16H29N3O. The predicted octanol–water partition coefficient (Wildman–Crippen LogP) is 2.32. The molecule has 3 atom stereocenters. The molecule has 0 amide bonds. The van der Waals surface area contributed by atoms with Crippen LogP contribution in [0.2, 0.25) is 0 Å². The summed E-state index contributed by atoms with van der Waals surface area (Å²) in [6.07, 6.45) is 4.67. The van der Waals surface area contributed by atoms with Crippen LogP contribution in [0.1, 0.15) is 45.0 Å². The van der Waals surface area contributed by atoms with Gasteiger partial charge in [-0.1, -0.05) is 20.8 Å². The average molecular weight is 279 g/mol. The molecule has 2 heterocycles. The highest BCUT2D eigenvalue weighted by Crippen LogP contribution is 2.25. The zero-order valence-corrected chi connectivity index (χ0v) is 13.4. The third-order valence-electron chi connectivity index (χ3n) is 4.32. The monoisotopic (exact) mass is 279 g/mol. The van der Waals surface area contributed by atoms with Gasteiger partial charge >= 0.3 is 0 Å². The SMILES string of the molecule is CCCNC(Cc1cc(CC)nn1C)C1OCCC1C. The van der Waals surface area contributed by atoms with Gasteiger partial charge in [0.05, 0.1) is 11.8 Å². The largest absolute Gasteiger partial charge is 0.376 e. The first-order chi connectivity index (χ1) is 9.65. The Morgan fingerprint density at radius 1 is 1.50 bits per heavy atom. The molecule has 1 aromatic heterocycles. The Morgan fingerprint density at radius 2 is 2.30 bits per heavy atom. The van der Waals surface area contributed by atoms with Gasteiger partial charge in [0.2, 0.25) is 0 Å². The number of aromatic nitrogens is 2. The summed E-state index contributed by atoms with van der Waals surface area (Å²) in [5.41, 5.74) is 2.48. The molecule has 4 heteroatoms. The highest BCUT2D eigenvalue weighted by Gasteiger charge is 2.32. The van der Waals surface area contributed by atoms with E-state index in [2.05, 4.69) is 37.3 Å². The van der Waals surface area contributed by atoms with E-state index in [1.807, 2.05) is 11.7 Å². The summed E-state index contributed by atoms with van der Waals surface area (Å²) in [6.45, 7) is 8.62. The van der Waals surface area contributed by atoms with Gasteiger partial charge in [-0.25, -0.2) is 0 Å². The molecular weight excluding hydrogens is 250 g/mol. The standard InChI is InChI=1S/C16H29N3O/c1-5-8-17-15(16-12(3)7-9-20-16)11-14-10-13(6-2)18-19(14)4/h10,12,15-17H,5-9,11H2,1-4H3. The van der Waals surface area contributed by atoms with Crippen LogP contribution in [0.5, 0.6) is 0 Å². The molecule has 1 aliphatic rings. The minimum Gasteiger partial charge on any atom is -0.376 e. The number of aryl methyl sites for hydroxylation is 2. The van der Waals surface area contributed by atoms with Crippen molar-refractivity contribution in [2.24, 2.45) is 13.0 Å². The molecule has 3 unspecified atom stereocenters. The molecule has 1 aromatic rings. The van der Waals surface area contributed by atoms with Gasteiger partial charge in [0.1, 0.15) is 0 Å². The summed E-state index contributed by atoms with van der Waals surface area (Å²) in [5.74, 6) is 0.642. The number of nitrogens with zero attached hydrogens (tertiary/aromatic N) is 2. The lowest BCUT2D eigenvalue weighted by atomic mass is 9.94. The molecule has 1 aliphatic heterocycles. The topological polar surface area (TPSA) is 39.1 Å². The van der Waals surface area contributed by atoms with Crippen molar-refractivity contribution in [1.29, 1.82) is 0 Å². The molecule has 1 N–H and O–H groups in total. The average Bonchev–Trinajstić information content (AvgIpc) is 3.01. The molecule has 114 valence electrons. The van der Waals surface area contributed by atoms with Crippen molar-refractivity contribution >= 4 is 0 Å². The summed E-state index contributed by atoms with van der Waals surface area (Å²) in [7, 11) is 2.05. The van der Waals surface area contributed by atoms with E-state index in [0.717, 1.165) is 32.4 Å². The van der Waals surface area contributed by atoms with Gasteiger partial charge in [0.25, 0.3) is 0 Å². The van der Waals surface area contributed by atoms with Crippen LogP contribution in [0.15, 0.2) is 6.07 Å². The lowest BCUT2D eigenvalue weighted by Crippen LogP contribution is -2.44. The fourth-order valence-electron chi connectivity index (χ4n) is 3.03. The zero-order valence-electron chi connectivity index (χ0n) is 13.4. The van der Waals surface area contributed by atoms with Crippen LogP contribution < -0.4 is 5.32 Å². The Morgan fingerprint density at radius 3 is 2.85 bits per heavy atom. The fraction of sp³-hybridized carbons (Fsp3) is 0.812. The van der Waals surface area contributed by atoms with Crippen molar-refractivity contribution in [3.8, 4) is 0 Å². The molecule has 1 fully saturated rings. The Hall–Kier alpha value is -0.870. The van der Waals surface area contributed by atoms with E-state index in [0.29, 0.717) is 18.1 Å². The number of hydrogen-bond acceptors (Lipinski definition) is 3. The molecule has 20 heavy (non-hydrogen) atoms. The summed E-state index contributed by atoms with van der Waals surface area (Å²) >= 11 is 0. The van der Waals surface area contributed by atoms with Gasteiger partial charge in [-0.2, -0.15) is 5.10 Å². The molecule has 1 saturated heterocycles. The van der Waals surface area contributed by atoms with Crippen molar-refractivity contribution in [3.63, 3.8) is 0 Å². The number of nitrogens with one attached hydrogen (secondary N) is 1. The van der Waals surface area contributed by atoms with Gasteiger partial charge in [0, 0.05) is 31.8 Å². The third kappa shape index (κ3) is 3.61. The van der Waals surface area contributed by atoms with Crippen molar-refractivity contribution in [3.05, 3.63) is 17.5 Å². The van der Waals surface area contributed by atoms with Crippen LogP contribution in [-0.4, -0.2) is 35.1 Å². The van der Waals surface area contributed by atoms with Crippen LogP contribution in [0.25, 0.3) is 0 Å². The molecule has 0 radical (unpaired) electrons. The predicted molar refractivity (Wildman–Crippen MR) is 81.9 cm³/mol. The van der Waals surface area contributed by atoms with Crippen molar-refractivity contribution in [2.45, 2.75) is 58.6 Å². The van der Waals surface area contributed by atoms with E-state index in [1.54, 1.807) is 0 Å². The quantitative estimate of drug-likeness (QED) is 0.832. The lowest BCUT2D eigenvalue weighted by Gasteiger charge is -2.27. The molecule has 0 spiro atoms. The summed E-state index contributed by atoms with van der Waals surface area (Å²) in [5, 5.41) is 8.23. The number of ether oxygens (including phenoxy) is 1. The molecule has 2 rings (SSSR count). The van der Waals surface area contributed by atoms with Crippen LogP contribution in [-0.2, 0) is 24.6 Å². The summed E-state index contributed by atoms with van der Waals surface area (Å²) in [4.78, 5) is 0. The summed E-state index contributed by atoms with van der Waals surface area (Å²) < 4.78 is 8.00. The molecule has 0 saturated carbocycles. The fourth-order valence-corrected chi connectivity index (χ4v) is 3.03. The maximum absolute atomic E-state index is 5.98. The maximum atomic E-state index is 5.98. The van der Waals surface area contributed by atoms with Crippen LogP contribution in [0.4, 0.5) is 0 Å². The van der Waals surface area contributed by atoms with Crippen molar-refractivity contribution < 1.29 is 4.74 Å². The molecule has 0 aromatic carbocycles. The van der Waals surface area contributed by atoms with E-state index in [4.69, 9.17) is 4.74 Å². The van der Waals surface area contributed by atoms with Crippen LogP contribution in [0.3, 0.4) is 0 Å². The highest BCUT2D eigenvalue weighted by molar-refractivity contribution is 5.12. The first kappa shape index (κ1) is 15.5.